The number of nitro benzene ring substituents is 2. The Kier molecular flexibility index (Phi) is 4.94. The van der Waals surface area contributed by atoms with Crippen LogP contribution in [-0.2, 0) is 0 Å². The van der Waals surface area contributed by atoms with E-state index in [2.05, 4.69) is 10.2 Å². The van der Waals surface area contributed by atoms with Crippen LogP contribution < -0.4 is 0 Å². The van der Waals surface area contributed by atoms with Crippen LogP contribution in [0.25, 0.3) is 11.1 Å². The van der Waals surface area contributed by atoms with Crippen molar-refractivity contribution in [2.24, 2.45) is 10.2 Å². The van der Waals surface area contributed by atoms with Gasteiger partial charge in [-0.15, -0.1) is 5.11 Å². The number of hydrogen-bond donors (Lipinski definition) is 2. The third kappa shape index (κ3) is 3.33. The van der Waals surface area contributed by atoms with Gasteiger partial charge in [0.15, 0.2) is 0 Å². The minimum absolute atomic E-state index is 0.162. The van der Waals surface area contributed by atoms with Gasteiger partial charge >= 0.3 is 11.4 Å². The molecule has 0 aliphatic rings. The van der Waals surface area contributed by atoms with Crippen molar-refractivity contribution >= 4 is 22.7 Å². The Labute approximate surface area is 157 Å². The van der Waals surface area contributed by atoms with Crippen LogP contribution in [-0.4, -0.2) is 20.1 Å². The van der Waals surface area contributed by atoms with Crippen molar-refractivity contribution < 1.29 is 20.1 Å². The van der Waals surface area contributed by atoms with E-state index in [0.717, 1.165) is 0 Å². The number of hydrogen-bond acceptors (Lipinski definition) is 8. The van der Waals surface area contributed by atoms with Crippen LogP contribution in [0.15, 0.2) is 70.9 Å². The van der Waals surface area contributed by atoms with Crippen molar-refractivity contribution in [2.75, 3.05) is 0 Å². The Bertz CT molecular complexity index is 1040. The van der Waals surface area contributed by atoms with Gasteiger partial charge in [0, 0.05) is 0 Å². The van der Waals surface area contributed by atoms with E-state index < -0.39 is 44.0 Å². The first-order chi connectivity index (χ1) is 13.4. The van der Waals surface area contributed by atoms with Crippen LogP contribution in [0.5, 0.6) is 11.5 Å². The van der Waals surface area contributed by atoms with Gasteiger partial charge in [0.05, 0.1) is 21.1 Å². The van der Waals surface area contributed by atoms with Crippen LogP contribution in [0.2, 0.25) is 0 Å². The van der Waals surface area contributed by atoms with Crippen molar-refractivity contribution in [3.63, 3.8) is 0 Å². The highest BCUT2D eigenvalue weighted by molar-refractivity contribution is 5.92. The summed E-state index contributed by atoms with van der Waals surface area (Å²) in [6.45, 7) is 0. The lowest BCUT2D eigenvalue weighted by Crippen LogP contribution is -1.98. The number of aromatic hydroxyl groups is 2. The maximum absolute atomic E-state index is 11.6. The fourth-order valence-corrected chi connectivity index (χ4v) is 2.61. The molecule has 3 aromatic rings. The molecule has 0 aliphatic heterocycles. The summed E-state index contributed by atoms with van der Waals surface area (Å²) in [6.07, 6.45) is 0. The first-order valence-electron chi connectivity index (χ1n) is 7.84. The van der Waals surface area contributed by atoms with Crippen LogP contribution in [0, 0.1) is 20.2 Å². The first kappa shape index (κ1) is 18.5. The fraction of sp³-hybridized carbons (Fsp3) is 0. The molecule has 0 saturated heterocycles. The monoisotopic (exact) mass is 380 g/mol. The lowest BCUT2D eigenvalue weighted by atomic mass is 10.00. The highest BCUT2D eigenvalue weighted by Gasteiger charge is 2.38. The number of nitro groups is 2. The van der Waals surface area contributed by atoms with Crippen molar-refractivity contribution in [3.05, 3.63) is 80.9 Å². The summed E-state index contributed by atoms with van der Waals surface area (Å²) in [4.78, 5) is 21.1. The largest absolute Gasteiger partial charge is 0.501 e. The molecule has 3 rings (SSSR count). The van der Waals surface area contributed by atoms with Gasteiger partial charge < -0.3 is 10.2 Å². The first-order valence-corrected chi connectivity index (χ1v) is 7.84. The average molecular weight is 380 g/mol. The summed E-state index contributed by atoms with van der Waals surface area (Å²) in [7, 11) is 0. The molecular weight excluding hydrogens is 368 g/mol. The summed E-state index contributed by atoms with van der Waals surface area (Å²) >= 11 is 0. The van der Waals surface area contributed by atoms with Gasteiger partial charge in [-0.1, -0.05) is 48.5 Å². The van der Waals surface area contributed by atoms with E-state index in [1.54, 1.807) is 36.4 Å². The number of rotatable bonds is 5. The highest BCUT2D eigenvalue weighted by atomic mass is 16.6. The summed E-state index contributed by atoms with van der Waals surface area (Å²) in [6, 6.07) is 15.6. The van der Waals surface area contributed by atoms with Crippen LogP contribution in [0.3, 0.4) is 0 Å². The third-order valence-corrected chi connectivity index (χ3v) is 3.82. The van der Waals surface area contributed by atoms with Crippen LogP contribution >= 0.6 is 0 Å². The van der Waals surface area contributed by atoms with Crippen LogP contribution in [0.4, 0.5) is 22.7 Å². The molecule has 0 aromatic heterocycles. The molecule has 140 valence electrons. The topological polar surface area (TPSA) is 151 Å². The molecule has 0 unspecified atom stereocenters. The smallest absolute Gasteiger partial charge is 0.346 e. The molecule has 0 spiro atoms. The van der Waals surface area contributed by atoms with Crippen molar-refractivity contribution in [1.82, 2.24) is 0 Å². The lowest BCUT2D eigenvalue weighted by molar-refractivity contribution is -0.393. The molecule has 0 saturated carbocycles. The Morgan fingerprint density at radius 1 is 0.714 bits per heavy atom. The van der Waals surface area contributed by atoms with Gasteiger partial charge in [0.2, 0.25) is 17.2 Å². The number of nitrogens with zero attached hydrogens (tertiary/aromatic N) is 4. The van der Waals surface area contributed by atoms with E-state index in [1.165, 1.54) is 24.3 Å². The summed E-state index contributed by atoms with van der Waals surface area (Å²) in [5, 5.41) is 51.4. The van der Waals surface area contributed by atoms with Gasteiger partial charge in [-0.05, 0) is 17.7 Å². The zero-order valence-electron chi connectivity index (χ0n) is 14.1. The second-order valence-electron chi connectivity index (χ2n) is 5.53. The maximum Gasteiger partial charge on any atom is 0.346 e. The standard InChI is InChI=1S/C18H12N4O6/c23-17-13(11-7-3-1-4-8-11)18(24)16(22(27)28)14(15(17)21(25)26)20-19-12-9-5-2-6-10-12/h1-10,23-24H. The lowest BCUT2D eigenvalue weighted by Gasteiger charge is -2.10. The molecule has 0 amide bonds. The molecule has 0 bridgehead atoms. The van der Waals surface area contributed by atoms with Gasteiger partial charge in [0.25, 0.3) is 0 Å². The summed E-state index contributed by atoms with van der Waals surface area (Å²) in [5.41, 5.74) is -2.90. The normalized spacial score (nSPS) is 10.9. The highest BCUT2D eigenvalue weighted by Crippen LogP contribution is 2.55. The Balaban J connectivity index is 2.34. The fourth-order valence-electron chi connectivity index (χ4n) is 2.61. The predicted molar refractivity (Wildman–Crippen MR) is 99.1 cm³/mol. The van der Waals surface area contributed by atoms with E-state index >= 15 is 0 Å². The molecule has 2 N–H and O–H groups in total. The van der Waals surface area contributed by atoms with Crippen molar-refractivity contribution in [3.8, 4) is 22.6 Å². The minimum atomic E-state index is -1.02. The molecule has 0 atom stereocenters. The predicted octanol–water partition coefficient (Wildman–Crippen LogP) is 5.00. The SMILES string of the molecule is O=[N+]([O-])c1c(O)c(-c2ccccc2)c(O)c([N+](=O)[O-])c1N=Nc1ccccc1. The molecule has 10 heteroatoms. The second kappa shape index (κ2) is 7.50. The molecule has 0 heterocycles. The molecule has 28 heavy (non-hydrogen) atoms. The van der Waals surface area contributed by atoms with E-state index in [1.807, 2.05) is 0 Å². The Hall–Kier alpha value is -4.34. The zero-order chi connectivity index (χ0) is 20.3. The minimum Gasteiger partial charge on any atom is -0.501 e. The number of benzene rings is 3. The molecule has 0 fully saturated rings. The quantitative estimate of drug-likeness (QED) is 0.361. The Morgan fingerprint density at radius 3 is 1.64 bits per heavy atom. The van der Waals surface area contributed by atoms with Gasteiger partial charge in [0.1, 0.15) is 0 Å². The van der Waals surface area contributed by atoms with E-state index in [9.17, 15) is 30.4 Å². The zero-order valence-corrected chi connectivity index (χ0v) is 14.1. The Morgan fingerprint density at radius 2 is 1.18 bits per heavy atom. The summed E-state index contributed by atoms with van der Waals surface area (Å²) < 4.78 is 0. The van der Waals surface area contributed by atoms with E-state index in [-0.39, 0.29) is 11.3 Å². The number of phenolic OH excluding ortho intramolecular Hbond substituents is 2. The van der Waals surface area contributed by atoms with Crippen LogP contribution in [0.1, 0.15) is 0 Å². The molecule has 3 aromatic carbocycles. The average Bonchev–Trinajstić information content (AvgIpc) is 2.67. The van der Waals surface area contributed by atoms with E-state index in [4.69, 9.17) is 0 Å². The van der Waals surface area contributed by atoms with E-state index in [0.29, 0.717) is 0 Å². The van der Waals surface area contributed by atoms with Gasteiger partial charge in [-0.25, -0.2) is 0 Å². The van der Waals surface area contributed by atoms with Crippen molar-refractivity contribution in [1.29, 1.82) is 0 Å². The second-order valence-corrected chi connectivity index (χ2v) is 5.53. The molecular formula is C18H12N4O6. The van der Waals surface area contributed by atoms with Crippen molar-refractivity contribution in [2.45, 2.75) is 0 Å². The molecule has 10 nitrogen and oxygen atoms in total. The number of phenols is 2. The van der Waals surface area contributed by atoms with Gasteiger partial charge in [-0.2, -0.15) is 5.11 Å². The maximum atomic E-state index is 11.6. The number of azo groups is 1. The molecule has 0 radical (unpaired) electrons. The molecule has 0 aliphatic carbocycles. The van der Waals surface area contributed by atoms with Gasteiger partial charge in [-0.3, -0.25) is 20.2 Å². The summed E-state index contributed by atoms with van der Waals surface area (Å²) in [5.74, 6) is -1.89. The third-order valence-electron chi connectivity index (χ3n) is 3.82.